The largest absolute Gasteiger partial charge is 0.481 e. The lowest BCUT2D eigenvalue weighted by atomic mass is 9.85. The summed E-state index contributed by atoms with van der Waals surface area (Å²) in [6, 6.07) is 3.73. The number of carbonyl (C=O) groups is 1. The topological polar surface area (TPSA) is 120 Å². The van der Waals surface area contributed by atoms with E-state index in [1.807, 2.05) is 0 Å². The van der Waals surface area contributed by atoms with Crippen LogP contribution in [0.15, 0.2) is 23.2 Å². The van der Waals surface area contributed by atoms with Crippen LogP contribution in [0.2, 0.25) is 0 Å². The van der Waals surface area contributed by atoms with Gasteiger partial charge < -0.3 is 5.11 Å². The van der Waals surface area contributed by atoms with Crippen molar-refractivity contribution < 1.29 is 18.3 Å². The van der Waals surface area contributed by atoms with E-state index in [1.54, 1.807) is 13.0 Å². The van der Waals surface area contributed by atoms with Gasteiger partial charge in [0.05, 0.1) is 5.41 Å². The van der Waals surface area contributed by atoms with E-state index in [0.717, 1.165) is 6.20 Å². The molecule has 2 rings (SSSR count). The van der Waals surface area contributed by atoms with Crippen molar-refractivity contribution in [3.8, 4) is 6.07 Å². The number of rotatable bonds is 4. The molecule has 1 aromatic heterocycles. The molecule has 0 bridgehead atoms. The SMILES string of the molecule is CC1(C(=O)O)CCCC1NS(=O)(=O)c1ccc(C#N)nc1. The molecule has 0 aromatic carbocycles. The number of carboxylic acid groups (broad SMARTS) is 1. The second kappa shape index (κ2) is 5.42. The van der Waals surface area contributed by atoms with Crippen molar-refractivity contribution in [2.45, 2.75) is 37.1 Å². The number of aliphatic carboxylic acids is 1. The Kier molecular flexibility index (Phi) is 3.98. The zero-order valence-corrected chi connectivity index (χ0v) is 12.2. The van der Waals surface area contributed by atoms with Gasteiger partial charge in [-0.15, -0.1) is 0 Å². The lowest BCUT2D eigenvalue weighted by Crippen LogP contribution is -2.46. The third-order valence-electron chi connectivity index (χ3n) is 3.91. The van der Waals surface area contributed by atoms with Crippen molar-refractivity contribution in [2.24, 2.45) is 5.41 Å². The number of pyridine rings is 1. The van der Waals surface area contributed by atoms with E-state index in [-0.39, 0.29) is 10.6 Å². The summed E-state index contributed by atoms with van der Waals surface area (Å²) in [4.78, 5) is 15.0. The quantitative estimate of drug-likeness (QED) is 0.851. The molecule has 1 saturated carbocycles. The second-order valence-electron chi connectivity index (χ2n) is 5.28. The fourth-order valence-corrected chi connectivity index (χ4v) is 3.80. The van der Waals surface area contributed by atoms with Gasteiger partial charge >= 0.3 is 5.97 Å². The molecule has 21 heavy (non-hydrogen) atoms. The van der Waals surface area contributed by atoms with Gasteiger partial charge in [0.1, 0.15) is 16.7 Å². The Morgan fingerprint density at radius 2 is 2.29 bits per heavy atom. The molecule has 2 N–H and O–H groups in total. The van der Waals surface area contributed by atoms with Crippen LogP contribution in [-0.2, 0) is 14.8 Å². The smallest absolute Gasteiger partial charge is 0.310 e. The summed E-state index contributed by atoms with van der Waals surface area (Å²) in [7, 11) is -3.86. The summed E-state index contributed by atoms with van der Waals surface area (Å²) >= 11 is 0. The molecule has 0 aliphatic heterocycles. The molecule has 112 valence electrons. The fourth-order valence-electron chi connectivity index (χ4n) is 2.47. The van der Waals surface area contributed by atoms with Gasteiger partial charge in [-0.2, -0.15) is 5.26 Å². The normalized spacial score (nSPS) is 25.4. The molecule has 2 unspecified atom stereocenters. The number of nitrogens with one attached hydrogen (secondary N) is 1. The number of nitriles is 1. The number of nitrogens with zero attached hydrogens (tertiary/aromatic N) is 2. The third kappa shape index (κ3) is 2.89. The summed E-state index contributed by atoms with van der Waals surface area (Å²) in [6.45, 7) is 1.55. The number of aromatic nitrogens is 1. The van der Waals surface area contributed by atoms with Gasteiger partial charge in [-0.05, 0) is 31.9 Å². The van der Waals surface area contributed by atoms with Crippen molar-refractivity contribution >= 4 is 16.0 Å². The van der Waals surface area contributed by atoms with Gasteiger partial charge in [0, 0.05) is 12.2 Å². The average molecular weight is 309 g/mol. The zero-order chi connectivity index (χ0) is 15.7. The second-order valence-corrected chi connectivity index (χ2v) is 6.99. The maximum atomic E-state index is 12.3. The molecular formula is C13H15N3O4S. The zero-order valence-electron chi connectivity index (χ0n) is 11.4. The maximum absolute atomic E-state index is 12.3. The third-order valence-corrected chi connectivity index (χ3v) is 5.36. The van der Waals surface area contributed by atoms with E-state index < -0.39 is 27.4 Å². The van der Waals surface area contributed by atoms with Gasteiger partial charge in [0.15, 0.2) is 0 Å². The van der Waals surface area contributed by atoms with Crippen molar-refractivity contribution in [1.82, 2.24) is 9.71 Å². The van der Waals surface area contributed by atoms with Gasteiger partial charge in [0.2, 0.25) is 10.0 Å². The van der Waals surface area contributed by atoms with E-state index >= 15 is 0 Å². The first-order chi connectivity index (χ1) is 9.79. The standard InChI is InChI=1S/C13H15N3O4S/c1-13(12(17)18)6-2-3-11(13)16-21(19,20)10-5-4-9(7-14)15-8-10/h4-5,8,11,16H,2-3,6H2,1H3,(H,17,18). The van der Waals surface area contributed by atoms with E-state index in [2.05, 4.69) is 9.71 Å². The Bertz CT molecular complexity index is 693. The first-order valence-corrected chi connectivity index (χ1v) is 7.90. The molecule has 1 aromatic rings. The molecule has 1 aliphatic carbocycles. The molecule has 1 aliphatic rings. The van der Waals surface area contributed by atoms with Crippen LogP contribution in [0.4, 0.5) is 0 Å². The van der Waals surface area contributed by atoms with Crippen LogP contribution in [-0.4, -0.2) is 30.5 Å². The van der Waals surface area contributed by atoms with Crippen molar-refractivity contribution in [3.05, 3.63) is 24.0 Å². The van der Waals surface area contributed by atoms with Crippen LogP contribution in [0.5, 0.6) is 0 Å². The van der Waals surface area contributed by atoms with Gasteiger partial charge in [-0.25, -0.2) is 18.1 Å². The molecule has 0 saturated heterocycles. The van der Waals surface area contributed by atoms with Crippen molar-refractivity contribution in [3.63, 3.8) is 0 Å². The Morgan fingerprint density at radius 1 is 1.57 bits per heavy atom. The number of sulfonamides is 1. The van der Waals surface area contributed by atoms with Crippen LogP contribution >= 0.6 is 0 Å². The number of carboxylic acids is 1. The first kappa shape index (κ1) is 15.4. The monoisotopic (exact) mass is 309 g/mol. The summed E-state index contributed by atoms with van der Waals surface area (Å²) < 4.78 is 27.0. The molecule has 1 heterocycles. The molecule has 1 fully saturated rings. The van der Waals surface area contributed by atoms with Crippen molar-refractivity contribution in [2.75, 3.05) is 0 Å². The highest BCUT2D eigenvalue weighted by Crippen LogP contribution is 2.38. The number of hydrogen-bond donors (Lipinski definition) is 2. The van der Waals surface area contributed by atoms with E-state index in [1.165, 1.54) is 12.1 Å². The first-order valence-electron chi connectivity index (χ1n) is 6.41. The minimum atomic E-state index is -3.86. The Labute approximate surface area is 122 Å². The van der Waals surface area contributed by atoms with Crippen LogP contribution < -0.4 is 4.72 Å². The van der Waals surface area contributed by atoms with E-state index in [9.17, 15) is 18.3 Å². The van der Waals surface area contributed by atoms with Crippen LogP contribution in [0.1, 0.15) is 31.9 Å². The van der Waals surface area contributed by atoms with Gasteiger partial charge in [-0.1, -0.05) is 6.42 Å². The van der Waals surface area contributed by atoms with Crippen LogP contribution in [0.25, 0.3) is 0 Å². The fraction of sp³-hybridized carbons (Fsp3) is 0.462. The minimum absolute atomic E-state index is 0.0823. The molecule has 0 radical (unpaired) electrons. The highest BCUT2D eigenvalue weighted by atomic mass is 32.2. The van der Waals surface area contributed by atoms with E-state index in [0.29, 0.717) is 19.3 Å². The number of hydrogen-bond acceptors (Lipinski definition) is 5. The van der Waals surface area contributed by atoms with Gasteiger partial charge in [0.25, 0.3) is 0 Å². The predicted molar refractivity (Wildman–Crippen MR) is 72.7 cm³/mol. The van der Waals surface area contributed by atoms with Crippen LogP contribution in [0, 0.1) is 16.7 Å². The summed E-state index contributed by atoms with van der Waals surface area (Å²) in [5.74, 6) is -1.01. The molecule has 8 heteroatoms. The Hall–Kier alpha value is -1.98. The van der Waals surface area contributed by atoms with Crippen LogP contribution in [0.3, 0.4) is 0 Å². The summed E-state index contributed by atoms with van der Waals surface area (Å²) in [6.07, 6.45) is 2.66. The minimum Gasteiger partial charge on any atom is -0.481 e. The Balaban J connectivity index is 2.25. The van der Waals surface area contributed by atoms with Crippen molar-refractivity contribution in [1.29, 1.82) is 5.26 Å². The molecule has 0 spiro atoms. The van der Waals surface area contributed by atoms with E-state index in [4.69, 9.17) is 5.26 Å². The summed E-state index contributed by atoms with van der Waals surface area (Å²) in [5, 5.41) is 17.9. The highest BCUT2D eigenvalue weighted by molar-refractivity contribution is 7.89. The highest BCUT2D eigenvalue weighted by Gasteiger charge is 2.46. The average Bonchev–Trinajstić information content (AvgIpc) is 2.81. The molecule has 0 amide bonds. The Morgan fingerprint density at radius 3 is 2.81 bits per heavy atom. The molecular weight excluding hydrogens is 294 g/mol. The predicted octanol–water partition coefficient (Wildman–Crippen LogP) is 0.875. The maximum Gasteiger partial charge on any atom is 0.310 e. The molecule has 7 nitrogen and oxygen atoms in total. The van der Waals surface area contributed by atoms with Gasteiger partial charge in [-0.3, -0.25) is 4.79 Å². The lowest BCUT2D eigenvalue weighted by Gasteiger charge is -2.27. The summed E-state index contributed by atoms with van der Waals surface area (Å²) in [5.41, 5.74) is -0.988. The lowest BCUT2D eigenvalue weighted by molar-refractivity contribution is -0.148. The molecule has 2 atom stereocenters.